The maximum absolute atomic E-state index is 11.4. The molecule has 1 atom stereocenters. The predicted octanol–water partition coefficient (Wildman–Crippen LogP) is 1.44. The van der Waals surface area contributed by atoms with Gasteiger partial charge >= 0.3 is 5.97 Å². The van der Waals surface area contributed by atoms with E-state index in [9.17, 15) is 4.79 Å². The van der Waals surface area contributed by atoms with Crippen molar-refractivity contribution in [2.24, 2.45) is 11.7 Å². The molecular weight excluding hydrogens is 178 g/mol. The summed E-state index contributed by atoms with van der Waals surface area (Å²) in [5, 5.41) is 0. The van der Waals surface area contributed by atoms with E-state index in [0.717, 1.165) is 0 Å². The Labute approximate surface area is 83.9 Å². The van der Waals surface area contributed by atoms with Gasteiger partial charge in [0.05, 0.1) is 12.2 Å². The molecule has 1 aromatic rings. The summed E-state index contributed by atoms with van der Waals surface area (Å²) in [6.07, 6.45) is 0. The van der Waals surface area contributed by atoms with Crippen LogP contribution in [0.2, 0.25) is 0 Å². The average Bonchev–Trinajstić information content (AvgIpc) is 2.26. The number of nitrogens with two attached hydrogens (primary N) is 1. The highest BCUT2D eigenvalue weighted by atomic mass is 16.5. The summed E-state index contributed by atoms with van der Waals surface area (Å²) in [5.41, 5.74) is 5.99. The number of hydrogen-bond acceptors (Lipinski definition) is 3. The molecule has 0 amide bonds. The summed E-state index contributed by atoms with van der Waals surface area (Å²) < 4.78 is 5.06. The quantitative estimate of drug-likeness (QED) is 0.736. The molecule has 76 valence electrons. The van der Waals surface area contributed by atoms with Gasteiger partial charge in [0.1, 0.15) is 0 Å². The number of carbonyl (C=O) groups excluding carboxylic acids is 1. The third-order valence-electron chi connectivity index (χ3n) is 1.91. The minimum atomic E-state index is -0.286. The van der Waals surface area contributed by atoms with Gasteiger partial charge in [0.2, 0.25) is 0 Å². The molecule has 0 fully saturated rings. The fraction of sp³-hybridized carbons (Fsp3) is 0.364. The van der Waals surface area contributed by atoms with Crippen LogP contribution in [0.1, 0.15) is 17.3 Å². The van der Waals surface area contributed by atoms with Gasteiger partial charge in [-0.2, -0.15) is 0 Å². The highest BCUT2D eigenvalue weighted by molar-refractivity contribution is 5.89. The summed E-state index contributed by atoms with van der Waals surface area (Å²) in [7, 11) is 0. The highest BCUT2D eigenvalue weighted by Crippen LogP contribution is 2.02. The van der Waals surface area contributed by atoms with Crippen molar-refractivity contribution >= 4 is 5.97 Å². The van der Waals surface area contributed by atoms with Crippen LogP contribution in [0.15, 0.2) is 30.3 Å². The molecule has 1 unspecified atom stereocenters. The Morgan fingerprint density at radius 2 is 2.07 bits per heavy atom. The second-order valence-electron chi connectivity index (χ2n) is 3.31. The number of rotatable bonds is 4. The molecular formula is C11H15NO2. The Balaban J connectivity index is 2.44. The zero-order valence-electron chi connectivity index (χ0n) is 8.27. The minimum Gasteiger partial charge on any atom is -0.462 e. The van der Waals surface area contributed by atoms with Gasteiger partial charge in [-0.15, -0.1) is 0 Å². The van der Waals surface area contributed by atoms with Gasteiger partial charge in [0.15, 0.2) is 0 Å². The largest absolute Gasteiger partial charge is 0.462 e. The van der Waals surface area contributed by atoms with Crippen LogP contribution in [0.25, 0.3) is 0 Å². The molecule has 1 rings (SSSR count). The van der Waals surface area contributed by atoms with Crippen LogP contribution in [0.3, 0.4) is 0 Å². The van der Waals surface area contributed by atoms with Crippen LogP contribution in [0, 0.1) is 5.92 Å². The molecule has 0 spiro atoms. The lowest BCUT2D eigenvalue weighted by Gasteiger charge is -2.09. The Morgan fingerprint density at radius 3 is 2.64 bits per heavy atom. The molecule has 0 aromatic heterocycles. The minimum absolute atomic E-state index is 0.211. The third kappa shape index (κ3) is 3.18. The Hall–Kier alpha value is -1.35. The summed E-state index contributed by atoms with van der Waals surface area (Å²) in [6, 6.07) is 8.94. The standard InChI is InChI=1S/C11H15NO2/c1-9(7-12)8-14-11(13)10-5-3-2-4-6-10/h2-6,9H,7-8,12H2,1H3. The third-order valence-corrected chi connectivity index (χ3v) is 1.91. The van der Waals surface area contributed by atoms with Crippen molar-refractivity contribution in [1.82, 2.24) is 0 Å². The van der Waals surface area contributed by atoms with Gasteiger partial charge in [-0.05, 0) is 18.7 Å². The summed E-state index contributed by atoms with van der Waals surface area (Å²) in [6.45, 7) is 2.85. The van der Waals surface area contributed by atoms with Crippen molar-refractivity contribution < 1.29 is 9.53 Å². The van der Waals surface area contributed by atoms with Crippen LogP contribution in [-0.2, 0) is 4.74 Å². The molecule has 0 bridgehead atoms. The second-order valence-corrected chi connectivity index (χ2v) is 3.31. The molecule has 0 radical (unpaired) electrons. The normalized spacial score (nSPS) is 12.1. The fourth-order valence-corrected chi connectivity index (χ4v) is 0.944. The van der Waals surface area contributed by atoms with Crippen LogP contribution < -0.4 is 5.73 Å². The molecule has 14 heavy (non-hydrogen) atoms. The SMILES string of the molecule is CC(CN)COC(=O)c1ccccc1. The first-order valence-corrected chi connectivity index (χ1v) is 4.66. The Kier molecular flexibility index (Phi) is 4.13. The van der Waals surface area contributed by atoms with Gasteiger partial charge in [0.25, 0.3) is 0 Å². The zero-order chi connectivity index (χ0) is 10.4. The molecule has 0 aliphatic heterocycles. The van der Waals surface area contributed by atoms with E-state index in [0.29, 0.717) is 18.7 Å². The first-order valence-electron chi connectivity index (χ1n) is 4.66. The number of carbonyl (C=O) groups is 1. The molecule has 0 aliphatic carbocycles. The monoisotopic (exact) mass is 193 g/mol. The smallest absolute Gasteiger partial charge is 0.338 e. The van der Waals surface area contributed by atoms with Crippen LogP contribution in [0.5, 0.6) is 0 Å². The van der Waals surface area contributed by atoms with Gasteiger partial charge in [0, 0.05) is 5.92 Å². The zero-order valence-corrected chi connectivity index (χ0v) is 8.27. The van der Waals surface area contributed by atoms with Gasteiger partial charge in [-0.25, -0.2) is 4.79 Å². The van der Waals surface area contributed by atoms with E-state index in [1.807, 2.05) is 25.1 Å². The highest BCUT2D eigenvalue weighted by Gasteiger charge is 2.07. The number of ether oxygens (including phenoxy) is 1. The van der Waals surface area contributed by atoms with E-state index in [-0.39, 0.29) is 11.9 Å². The number of benzene rings is 1. The topological polar surface area (TPSA) is 52.3 Å². The predicted molar refractivity (Wildman–Crippen MR) is 54.9 cm³/mol. The Bertz CT molecular complexity index is 285. The first kappa shape index (κ1) is 10.7. The van der Waals surface area contributed by atoms with Gasteiger partial charge in [-0.3, -0.25) is 0 Å². The number of esters is 1. The number of hydrogen-bond donors (Lipinski definition) is 1. The molecule has 0 aliphatic rings. The molecule has 0 heterocycles. The fourth-order valence-electron chi connectivity index (χ4n) is 0.944. The molecule has 2 N–H and O–H groups in total. The molecule has 3 heteroatoms. The molecule has 0 saturated carbocycles. The lowest BCUT2D eigenvalue weighted by Crippen LogP contribution is -2.19. The summed E-state index contributed by atoms with van der Waals surface area (Å²) in [5.74, 6) is -0.0754. The van der Waals surface area contributed by atoms with Crippen molar-refractivity contribution in [3.8, 4) is 0 Å². The van der Waals surface area contributed by atoms with E-state index in [1.54, 1.807) is 12.1 Å². The second kappa shape index (κ2) is 5.40. The lowest BCUT2D eigenvalue weighted by atomic mass is 10.2. The molecule has 0 saturated heterocycles. The van der Waals surface area contributed by atoms with Crippen LogP contribution in [-0.4, -0.2) is 19.1 Å². The summed E-state index contributed by atoms with van der Waals surface area (Å²) in [4.78, 5) is 11.4. The lowest BCUT2D eigenvalue weighted by molar-refractivity contribution is 0.0454. The van der Waals surface area contributed by atoms with Crippen molar-refractivity contribution in [1.29, 1.82) is 0 Å². The van der Waals surface area contributed by atoms with E-state index in [2.05, 4.69) is 0 Å². The van der Waals surface area contributed by atoms with E-state index >= 15 is 0 Å². The van der Waals surface area contributed by atoms with Crippen molar-refractivity contribution in [3.63, 3.8) is 0 Å². The first-order chi connectivity index (χ1) is 6.74. The van der Waals surface area contributed by atoms with E-state index in [4.69, 9.17) is 10.5 Å². The Morgan fingerprint density at radius 1 is 1.43 bits per heavy atom. The average molecular weight is 193 g/mol. The van der Waals surface area contributed by atoms with E-state index < -0.39 is 0 Å². The molecule has 1 aromatic carbocycles. The van der Waals surface area contributed by atoms with Gasteiger partial charge < -0.3 is 10.5 Å². The van der Waals surface area contributed by atoms with Crippen molar-refractivity contribution in [3.05, 3.63) is 35.9 Å². The van der Waals surface area contributed by atoms with Crippen molar-refractivity contribution in [2.45, 2.75) is 6.92 Å². The van der Waals surface area contributed by atoms with Gasteiger partial charge in [-0.1, -0.05) is 25.1 Å². The van der Waals surface area contributed by atoms with Crippen LogP contribution in [0.4, 0.5) is 0 Å². The summed E-state index contributed by atoms with van der Waals surface area (Å²) >= 11 is 0. The van der Waals surface area contributed by atoms with Crippen molar-refractivity contribution in [2.75, 3.05) is 13.2 Å². The maximum Gasteiger partial charge on any atom is 0.338 e. The van der Waals surface area contributed by atoms with Crippen LogP contribution >= 0.6 is 0 Å². The molecule has 3 nitrogen and oxygen atoms in total. The van der Waals surface area contributed by atoms with E-state index in [1.165, 1.54) is 0 Å². The maximum atomic E-state index is 11.4.